The second kappa shape index (κ2) is 9.01. The number of thiocarbonyl (C=S) groups is 1. The smallest absolute Gasteiger partial charge is 0.174 e. The molecule has 0 amide bonds. The van der Waals surface area contributed by atoms with E-state index in [0.717, 1.165) is 29.2 Å². The Balaban J connectivity index is 1.50. The standard InChI is InChI=1S/C30H26N4S/c1-2-21-12-15-24(16-13-21)34-29(28(32-30(34)35)26-10-5-6-18-31-26)27-11-7-19-33(27)25-17-14-22-8-3-4-9-23(22)20-25/h3-20,28-29H,2H2,1H3,(H,32,35)/t28-,29-/m0/s1. The summed E-state index contributed by atoms with van der Waals surface area (Å²) in [6.07, 6.45) is 4.99. The zero-order chi connectivity index (χ0) is 23.8. The molecule has 6 rings (SSSR count). The molecule has 1 fully saturated rings. The third-order valence-corrected chi connectivity index (χ3v) is 7.13. The summed E-state index contributed by atoms with van der Waals surface area (Å²) in [5.74, 6) is 0. The van der Waals surface area contributed by atoms with E-state index in [0.29, 0.717) is 5.11 Å². The van der Waals surface area contributed by atoms with Gasteiger partial charge in [-0.25, -0.2) is 0 Å². The number of pyridine rings is 1. The minimum Gasteiger partial charge on any atom is -0.351 e. The summed E-state index contributed by atoms with van der Waals surface area (Å²) in [5.41, 5.74) is 5.64. The Labute approximate surface area is 210 Å². The number of hydrogen-bond acceptors (Lipinski definition) is 2. The van der Waals surface area contributed by atoms with Gasteiger partial charge in [0, 0.05) is 29.5 Å². The summed E-state index contributed by atoms with van der Waals surface area (Å²) in [5, 5.41) is 6.74. The Morgan fingerprint density at radius 3 is 2.37 bits per heavy atom. The van der Waals surface area contributed by atoms with Gasteiger partial charge in [0.15, 0.2) is 5.11 Å². The van der Waals surface area contributed by atoms with Crippen LogP contribution in [0.3, 0.4) is 0 Å². The fourth-order valence-electron chi connectivity index (χ4n) is 5.02. The lowest BCUT2D eigenvalue weighted by Gasteiger charge is -2.29. The molecule has 4 nitrogen and oxygen atoms in total. The maximum Gasteiger partial charge on any atom is 0.174 e. The summed E-state index contributed by atoms with van der Waals surface area (Å²) < 4.78 is 2.27. The van der Waals surface area contributed by atoms with Crippen molar-refractivity contribution in [1.29, 1.82) is 0 Å². The highest BCUT2D eigenvalue weighted by Crippen LogP contribution is 2.42. The van der Waals surface area contributed by atoms with E-state index >= 15 is 0 Å². The number of aryl methyl sites for hydroxylation is 1. The van der Waals surface area contributed by atoms with Crippen molar-refractivity contribution in [3.63, 3.8) is 0 Å². The number of fused-ring (bicyclic) bond motifs is 1. The number of hydrogen-bond donors (Lipinski definition) is 1. The van der Waals surface area contributed by atoms with E-state index in [-0.39, 0.29) is 12.1 Å². The molecule has 1 aliphatic rings. The third kappa shape index (κ3) is 3.88. The second-order valence-electron chi connectivity index (χ2n) is 8.85. The van der Waals surface area contributed by atoms with Crippen LogP contribution in [0.25, 0.3) is 16.5 Å². The van der Waals surface area contributed by atoms with Crippen LogP contribution < -0.4 is 10.2 Å². The number of aromatic nitrogens is 2. The predicted octanol–water partition coefficient (Wildman–Crippen LogP) is 6.77. The summed E-state index contributed by atoms with van der Waals surface area (Å²) in [6, 6.07) is 34.0. The minimum absolute atomic E-state index is 0.0636. The molecule has 2 aromatic heterocycles. The quantitative estimate of drug-likeness (QED) is 0.285. The first-order chi connectivity index (χ1) is 17.2. The molecule has 0 radical (unpaired) electrons. The fraction of sp³-hybridized carbons (Fsp3) is 0.133. The zero-order valence-electron chi connectivity index (χ0n) is 19.5. The summed E-state index contributed by atoms with van der Waals surface area (Å²) in [6.45, 7) is 2.17. The van der Waals surface area contributed by atoms with Crippen molar-refractivity contribution in [2.75, 3.05) is 4.90 Å². The average Bonchev–Trinajstić information content (AvgIpc) is 3.53. The van der Waals surface area contributed by atoms with Gasteiger partial charge < -0.3 is 14.8 Å². The molecule has 1 aliphatic heterocycles. The molecule has 1 N–H and O–H groups in total. The van der Waals surface area contributed by atoms with Crippen molar-refractivity contribution >= 4 is 33.8 Å². The Kier molecular flexibility index (Phi) is 5.55. The summed E-state index contributed by atoms with van der Waals surface area (Å²) in [7, 11) is 0. The van der Waals surface area contributed by atoms with Crippen LogP contribution in [0.5, 0.6) is 0 Å². The number of nitrogens with zero attached hydrogens (tertiary/aromatic N) is 3. The largest absolute Gasteiger partial charge is 0.351 e. The van der Waals surface area contributed by atoms with Crippen molar-refractivity contribution < 1.29 is 0 Å². The van der Waals surface area contributed by atoms with E-state index in [9.17, 15) is 0 Å². The highest BCUT2D eigenvalue weighted by atomic mass is 32.1. The van der Waals surface area contributed by atoms with Crippen LogP contribution in [0.2, 0.25) is 0 Å². The van der Waals surface area contributed by atoms with Crippen LogP contribution >= 0.6 is 12.2 Å². The monoisotopic (exact) mass is 474 g/mol. The van der Waals surface area contributed by atoms with E-state index in [4.69, 9.17) is 17.2 Å². The third-order valence-electron chi connectivity index (χ3n) is 6.82. The van der Waals surface area contributed by atoms with Crippen LogP contribution in [0, 0.1) is 0 Å². The SMILES string of the molecule is CCc1ccc(N2C(=S)N[C@@H](c3ccccn3)[C@@H]2c2cccn2-c2ccc3ccccc3c2)cc1. The Morgan fingerprint density at radius 2 is 1.60 bits per heavy atom. The lowest BCUT2D eigenvalue weighted by Crippen LogP contribution is -2.30. The van der Waals surface area contributed by atoms with Gasteiger partial charge in [-0.05, 0) is 83.5 Å². The van der Waals surface area contributed by atoms with E-state index in [1.165, 1.54) is 16.3 Å². The van der Waals surface area contributed by atoms with E-state index in [1.807, 2.05) is 18.3 Å². The van der Waals surface area contributed by atoms with Crippen molar-refractivity contribution in [3.8, 4) is 5.69 Å². The van der Waals surface area contributed by atoms with E-state index < -0.39 is 0 Å². The molecule has 35 heavy (non-hydrogen) atoms. The van der Waals surface area contributed by atoms with Crippen LogP contribution in [0.15, 0.2) is 109 Å². The zero-order valence-corrected chi connectivity index (χ0v) is 20.3. The van der Waals surface area contributed by atoms with Crippen LogP contribution in [-0.4, -0.2) is 14.7 Å². The molecule has 172 valence electrons. The molecule has 3 aromatic carbocycles. The van der Waals surface area contributed by atoms with Crippen LogP contribution in [0.1, 0.15) is 36.0 Å². The highest BCUT2D eigenvalue weighted by Gasteiger charge is 2.42. The van der Waals surface area contributed by atoms with Crippen molar-refractivity contribution in [1.82, 2.24) is 14.9 Å². The molecule has 5 aromatic rings. The molecule has 0 bridgehead atoms. The van der Waals surface area contributed by atoms with E-state index in [2.05, 4.69) is 113 Å². The molecular weight excluding hydrogens is 448 g/mol. The van der Waals surface area contributed by atoms with Crippen molar-refractivity contribution in [2.45, 2.75) is 25.4 Å². The molecule has 2 atom stereocenters. The van der Waals surface area contributed by atoms with Gasteiger partial charge in [0.2, 0.25) is 0 Å². The second-order valence-corrected chi connectivity index (χ2v) is 9.24. The highest BCUT2D eigenvalue weighted by molar-refractivity contribution is 7.80. The number of anilines is 1. The number of benzene rings is 3. The summed E-state index contributed by atoms with van der Waals surface area (Å²) in [4.78, 5) is 6.93. The van der Waals surface area contributed by atoms with Gasteiger partial charge in [-0.2, -0.15) is 0 Å². The Hall–Kier alpha value is -3.96. The first-order valence-electron chi connectivity index (χ1n) is 12.0. The molecule has 3 heterocycles. The van der Waals surface area contributed by atoms with Crippen LogP contribution in [0.4, 0.5) is 5.69 Å². The molecular formula is C30H26N4S. The topological polar surface area (TPSA) is 33.1 Å². The van der Waals surface area contributed by atoms with Gasteiger partial charge in [0.25, 0.3) is 0 Å². The molecule has 0 spiro atoms. The molecule has 0 aliphatic carbocycles. The van der Waals surface area contributed by atoms with Gasteiger partial charge in [-0.15, -0.1) is 0 Å². The summed E-state index contributed by atoms with van der Waals surface area (Å²) >= 11 is 5.91. The first kappa shape index (κ1) is 21.6. The fourth-order valence-corrected chi connectivity index (χ4v) is 5.37. The lowest BCUT2D eigenvalue weighted by atomic mass is 10.00. The minimum atomic E-state index is -0.0799. The molecule has 0 unspecified atom stereocenters. The van der Waals surface area contributed by atoms with Gasteiger partial charge in [-0.3, -0.25) is 4.98 Å². The maximum absolute atomic E-state index is 5.91. The molecule has 5 heteroatoms. The van der Waals surface area contributed by atoms with Crippen LogP contribution in [-0.2, 0) is 6.42 Å². The molecule has 0 saturated carbocycles. The van der Waals surface area contributed by atoms with Crippen molar-refractivity contribution in [3.05, 3.63) is 126 Å². The average molecular weight is 475 g/mol. The number of rotatable bonds is 5. The number of nitrogens with one attached hydrogen (secondary N) is 1. The maximum atomic E-state index is 5.91. The van der Waals surface area contributed by atoms with Gasteiger partial charge in [-0.1, -0.05) is 55.5 Å². The molecule has 1 saturated heterocycles. The predicted molar refractivity (Wildman–Crippen MR) is 147 cm³/mol. The Morgan fingerprint density at radius 1 is 0.829 bits per heavy atom. The van der Waals surface area contributed by atoms with Gasteiger partial charge >= 0.3 is 0 Å². The van der Waals surface area contributed by atoms with E-state index in [1.54, 1.807) is 0 Å². The van der Waals surface area contributed by atoms with Gasteiger partial charge in [0.1, 0.15) is 6.04 Å². The van der Waals surface area contributed by atoms with Gasteiger partial charge in [0.05, 0.1) is 11.7 Å². The van der Waals surface area contributed by atoms with Crippen molar-refractivity contribution in [2.24, 2.45) is 0 Å². The lowest BCUT2D eigenvalue weighted by molar-refractivity contribution is 0.549. The first-order valence-corrected chi connectivity index (χ1v) is 12.4. The normalized spacial score (nSPS) is 17.6. The Bertz CT molecular complexity index is 1490.